The largest absolute Gasteiger partial charge is 0.457 e. The van der Waals surface area contributed by atoms with E-state index in [1.54, 1.807) is 11.1 Å². The van der Waals surface area contributed by atoms with E-state index in [4.69, 9.17) is 9.84 Å². The van der Waals surface area contributed by atoms with Crippen LogP contribution in [0.2, 0.25) is 0 Å². The minimum atomic E-state index is -0.324. The van der Waals surface area contributed by atoms with Gasteiger partial charge in [-0.25, -0.2) is 14.1 Å². The van der Waals surface area contributed by atoms with Crippen LogP contribution in [0.15, 0.2) is 97.5 Å². The second-order valence-electron chi connectivity index (χ2n) is 15.4. The van der Waals surface area contributed by atoms with Gasteiger partial charge < -0.3 is 4.74 Å². The number of halogens is 1. The molecule has 2 fully saturated rings. The van der Waals surface area contributed by atoms with Crippen LogP contribution in [-0.2, 0) is 0 Å². The molecule has 3 aromatic heterocycles. The average Bonchev–Trinajstić information content (AvgIpc) is 3.81. The van der Waals surface area contributed by atoms with Crippen LogP contribution < -0.4 is 4.74 Å². The van der Waals surface area contributed by atoms with Crippen molar-refractivity contribution in [2.24, 2.45) is 0 Å². The molecule has 2 saturated carbocycles. The first-order valence-electron chi connectivity index (χ1n) is 19.6. The molecule has 6 heteroatoms. The number of hydrogen-bond donors (Lipinski definition) is 0. The minimum Gasteiger partial charge on any atom is -0.457 e. The molecule has 3 heterocycles. The third kappa shape index (κ3) is 6.12. The SMILES string of the molecule is Cc1c(C)c(C2CCCCC2)c(-c2cnn(-c3cccc(Oc4ccc5c6ccccc6n(-c6cc(F)ccn6)c5c4)c3)c2)c(C2CCCCC2)c1C. The van der Waals surface area contributed by atoms with Crippen LogP contribution in [0, 0.1) is 26.6 Å². The summed E-state index contributed by atoms with van der Waals surface area (Å²) in [5.41, 5.74) is 13.1. The number of benzene rings is 4. The number of nitrogens with zero attached hydrogens (tertiary/aromatic N) is 4. The summed E-state index contributed by atoms with van der Waals surface area (Å²) >= 11 is 0. The standard InChI is InChI=1S/C47H47FN4O/c1-30-31(2)45(33-13-6-4-7-14-33)47(46(32(30)3)34-15-8-5-9-16-34)35-28-50-51(29-35)37-17-12-18-38(26-37)53-39-21-22-41-40-19-10-11-20-42(40)52(43(41)27-39)44-25-36(48)23-24-49-44/h10-12,17-29,33-34H,4-9,13-16H2,1-3H3. The molecule has 7 aromatic rings. The van der Waals surface area contributed by atoms with Crippen LogP contribution in [-0.4, -0.2) is 19.3 Å². The minimum absolute atomic E-state index is 0.324. The Kier molecular flexibility index (Phi) is 8.85. The van der Waals surface area contributed by atoms with Crippen LogP contribution in [0.5, 0.6) is 11.5 Å². The Hall–Kier alpha value is -5.23. The monoisotopic (exact) mass is 702 g/mol. The first kappa shape index (κ1) is 33.6. The second-order valence-corrected chi connectivity index (χ2v) is 15.4. The van der Waals surface area contributed by atoms with Crippen LogP contribution in [0.1, 0.15) is 104 Å². The molecule has 0 radical (unpaired) electrons. The Morgan fingerprint density at radius 3 is 2.06 bits per heavy atom. The van der Waals surface area contributed by atoms with Crippen LogP contribution in [0.25, 0.3) is 44.4 Å². The molecule has 53 heavy (non-hydrogen) atoms. The van der Waals surface area contributed by atoms with Gasteiger partial charge >= 0.3 is 0 Å². The molecule has 0 N–H and O–H groups in total. The molecule has 2 aliphatic rings. The van der Waals surface area contributed by atoms with E-state index in [9.17, 15) is 4.39 Å². The molecule has 5 nitrogen and oxygen atoms in total. The summed E-state index contributed by atoms with van der Waals surface area (Å²) < 4.78 is 24.9. The van der Waals surface area contributed by atoms with Gasteiger partial charge in [-0.15, -0.1) is 0 Å². The molecule has 0 atom stereocenters. The van der Waals surface area contributed by atoms with Gasteiger partial charge in [0.15, 0.2) is 0 Å². The van der Waals surface area contributed by atoms with Gasteiger partial charge in [0.25, 0.3) is 0 Å². The van der Waals surface area contributed by atoms with Crippen molar-refractivity contribution in [2.75, 3.05) is 0 Å². The van der Waals surface area contributed by atoms with Crippen LogP contribution in [0.3, 0.4) is 0 Å². The fourth-order valence-electron chi connectivity index (χ4n) is 9.51. The smallest absolute Gasteiger partial charge is 0.140 e. The van der Waals surface area contributed by atoms with Crippen LogP contribution in [0.4, 0.5) is 4.39 Å². The van der Waals surface area contributed by atoms with Crippen molar-refractivity contribution in [2.45, 2.75) is 96.8 Å². The van der Waals surface area contributed by atoms with Gasteiger partial charge in [-0.3, -0.25) is 4.57 Å². The molecule has 0 bridgehead atoms. The molecule has 0 unspecified atom stereocenters. The summed E-state index contributed by atoms with van der Waals surface area (Å²) in [4.78, 5) is 4.51. The van der Waals surface area contributed by atoms with E-state index in [2.05, 4.69) is 62.4 Å². The number of rotatable bonds is 7. The number of hydrogen-bond acceptors (Lipinski definition) is 3. The quantitative estimate of drug-likeness (QED) is 0.166. The van der Waals surface area contributed by atoms with E-state index in [0.29, 0.717) is 23.4 Å². The molecule has 0 amide bonds. The van der Waals surface area contributed by atoms with Crippen molar-refractivity contribution < 1.29 is 9.13 Å². The highest BCUT2D eigenvalue weighted by Crippen LogP contribution is 2.48. The third-order valence-electron chi connectivity index (χ3n) is 12.3. The van der Waals surface area contributed by atoms with Gasteiger partial charge in [0.2, 0.25) is 0 Å². The maximum Gasteiger partial charge on any atom is 0.140 e. The number of para-hydroxylation sites is 1. The zero-order valence-electron chi connectivity index (χ0n) is 31.0. The van der Waals surface area contributed by atoms with E-state index in [-0.39, 0.29) is 5.82 Å². The molecule has 0 saturated heterocycles. The molecular formula is C47H47FN4O. The predicted molar refractivity (Wildman–Crippen MR) is 213 cm³/mol. The molecule has 0 spiro atoms. The van der Waals surface area contributed by atoms with E-state index < -0.39 is 0 Å². The maximum absolute atomic E-state index is 14.4. The fourth-order valence-corrected chi connectivity index (χ4v) is 9.51. The summed E-state index contributed by atoms with van der Waals surface area (Å²) in [5, 5.41) is 7.13. The molecule has 0 aliphatic heterocycles. The van der Waals surface area contributed by atoms with Gasteiger partial charge in [0.05, 0.1) is 22.9 Å². The molecule has 4 aromatic carbocycles. The maximum atomic E-state index is 14.4. The number of fused-ring (bicyclic) bond motifs is 3. The van der Waals surface area contributed by atoms with Crippen molar-refractivity contribution in [3.63, 3.8) is 0 Å². The van der Waals surface area contributed by atoms with E-state index in [1.165, 1.54) is 110 Å². The predicted octanol–water partition coefficient (Wildman–Crippen LogP) is 13.0. The second kappa shape index (κ2) is 14.0. The molecule has 9 rings (SSSR count). The Morgan fingerprint density at radius 2 is 1.34 bits per heavy atom. The van der Waals surface area contributed by atoms with Gasteiger partial charge in [-0.05, 0) is 128 Å². The lowest BCUT2D eigenvalue weighted by molar-refractivity contribution is 0.434. The summed E-state index contributed by atoms with van der Waals surface area (Å²) in [5.74, 6) is 2.83. The number of ether oxygens (including phenoxy) is 1. The van der Waals surface area contributed by atoms with Crippen molar-refractivity contribution >= 4 is 21.8 Å². The van der Waals surface area contributed by atoms with Gasteiger partial charge in [-0.2, -0.15) is 5.10 Å². The summed E-state index contributed by atoms with van der Waals surface area (Å²) in [6.45, 7) is 7.10. The Labute approximate surface area is 311 Å². The van der Waals surface area contributed by atoms with Crippen molar-refractivity contribution in [3.05, 3.63) is 131 Å². The van der Waals surface area contributed by atoms with Gasteiger partial charge in [0, 0.05) is 46.9 Å². The van der Waals surface area contributed by atoms with E-state index >= 15 is 0 Å². The highest BCUT2D eigenvalue weighted by molar-refractivity contribution is 6.09. The number of pyridine rings is 1. The third-order valence-corrected chi connectivity index (χ3v) is 12.3. The zero-order valence-corrected chi connectivity index (χ0v) is 31.0. The van der Waals surface area contributed by atoms with Crippen molar-refractivity contribution in [1.29, 1.82) is 0 Å². The highest BCUT2D eigenvalue weighted by atomic mass is 19.1. The summed E-state index contributed by atoms with van der Waals surface area (Å²) in [6.07, 6.45) is 18.9. The molecular weight excluding hydrogens is 656 g/mol. The normalized spacial score (nSPS) is 15.8. The zero-order chi connectivity index (χ0) is 36.1. The lowest BCUT2D eigenvalue weighted by Gasteiger charge is -2.33. The van der Waals surface area contributed by atoms with Crippen molar-refractivity contribution in [1.82, 2.24) is 19.3 Å². The lowest BCUT2D eigenvalue weighted by atomic mass is 9.71. The molecule has 2 aliphatic carbocycles. The first-order valence-corrected chi connectivity index (χ1v) is 19.6. The topological polar surface area (TPSA) is 44.9 Å². The highest BCUT2D eigenvalue weighted by Gasteiger charge is 2.30. The van der Waals surface area contributed by atoms with E-state index in [1.807, 2.05) is 51.7 Å². The molecule has 268 valence electrons. The van der Waals surface area contributed by atoms with Crippen LogP contribution >= 0.6 is 0 Å². The van der Waals surface area contributed by atoms with Crippen molar-refractivity contribution in [3.8, 4) is 34.1 Å². The van der Waals surface area contributed by atoms with Gasteiger partial charge in [-0.1, -0.05) is 62.8 Å². The number of aromatic nitrogens is 4. The Balaban J connectivity index is 1.09. The Morgan fingerprint density at radius 1 is 0.660 bits per heavy atom. The Bertz CT molecular complexity index is 2420. The lowest BCUT2D eigenvalue weighted by Crippen LogP contribution is -2.15. The van der Waals surface area contributed by atoms with E-state index in [0.717, 1.165) is 33.2 Å². The summed E-state index contributed by atoms with van der Waals surface area (Å²) in [6, 6.07) is 25.2. The first-order chi connectivity index (χ1) is 25.9. The average molecular weight is 703 g/mol. The fraction of sp³-hybridized carbons (Fsp3) is 0.319. The summed E-state index contributed by atoms with van der Waals surface area (Å²) in [7, 11) is 0. The van der Waals surface area contributed by atoms with Gasteiger partial charge in [0.1, 0.15) is 23.1 Å².